The second-order valence-corrected chi connectivity index (χ2v) is 14.9. The molecule has 0 radical (unpaired) electrons. The lowest BCUT2D eigenvalue weighted by molar-refractivity contribution is -0.136. The van der Waals surface area contributed by atoms with Crippen molar-refractivity contribution in [2.45, 2.75) is 93.4 Å². The van der Waals surface area contributed by atoms with Crippen LogP contribution in [0, 0.1) is 68.5 Å². The standard InChI is InChI=1S/C30H42O2/c1-15(31)8-9-18-24(26(18,3)4)23-16(2)17-12-20(23)29(14-17)22(32)13-21-28(7)11-10-19-25(27(19,5)6)30(21,28)29/h17-21,24-25H,8-14H2,1-7H3/t17-,18+,19+,20-,21+,24-,25-,28+,29+,30-/m0/s1. The van der Waals surface area contributed by atoms with Crippen molar-refractivity contribution in [3.05, 3.63) is 11.1 Å². The maximum atomic E-state index is 14.1. The van der Waals surface area contributed by atoms with Gasteiger partial charge in [0.25, 0.3) is 0 Å². The highest BCUT2D eigenvalue weighted by Gasteiger charge is 2.96. The summed E-state index contributed by atoms with van der Waals surface area (Å²) in [5.41, 5.74) is 4.78. The summed E-state index contributed by atoms with van der Waals surface area (Å²) >= 11 is 0. The van der Waals surface area contributed by atoms with Crippen LogP contribution in [0.4, 0.5) is 0 Å². The lowest BCUT2D eigenvalue weighted by atomic mass is 9.54. The molecule has 7 rings (SSSR count). The molecule has 6 fully saturated rings. The van der Waals surface area contributed by atoms with Crippen LogP contribution in [0.25, 0.3) is 0 Å². The zero-order valence-corrected chi connectivity index (χ0v) is 21.3. The van der Waals surface area contributed by atoms with Crippen molar-refractivity contribution >= 4 is 11.6 Å². The van der Waals surface area contributed by atoms with E-state index in [-0.39, 0.29) is 10.8 Å². The predicted octanol–water partition coefficient (Wildman–Crippen LogP) is 6.63. The quantitative estimate of drug-likeness (QED) is 0.465. The SMILES string of the molecule is CC(=O)CC[C@@H]1[C@@H](C2=C(C)[C@H]3C[C@@H]2[C@]2(C3)C(=O)C[C@H]3[C@@]24[C@H]2[C@@H](CC[C@]34C)C2(C)C)C1(C)C. The fourth-order valence-corrected chi connectivity index (χ4v) is 12.3. The van der Waals surface area contributed by atoms with Gasteiger partial charge in [0.05, 0.1) is 0 Å². The molecular weight excluding hydrogens is 392 g/mol. The first-order chi connectivity index (χ1) is 14.9. The van der Waals surface area contributed by atoms with Crippen molar-refractivity contribution in [2.24, 2.45) is 68.5 Å². The second-order valence-electron chi connectivity index (χ2n) is 14.9. The average Bonchev–Trinajstić information content (AvgIpc) is 3.41. The number of allylic oxidation sites excluding steroid dienone is 2. The fourth-order valence-electron chi connectivity index (χ4n) is 12.3. The smallest absolute Gasteiger partial charge is 0.140 e. The van der Waals surface area contributed by atoms with Crippen LogP contribution in [-0.4, -0.2) is 11.6 Å². The maximum absolute atomic E-state index is 14.1. The Labute approximate surface area is 194 Å². The molecule has 174 valence electrons. The molecule has 0 heterocycles. The predicted molar refractivity (Wildman–Crippen MR) is 126 cm³/mol. The zero-order chi connectivity index (χ0) is 22.8. The van der Waals surface area contributed by atoms with E-state index in [2.05, 4.69) is 41.5 Å². The third-order valence-corrected chi connectivity index (χ3v) is 13.6. The molecule has 32 heavy (non-hydrogen) atoms. The van der Waals surface area contributed by atoms with E-state index in [0.717, 1.165) is 31.1 Å². The Morgan fingerprint density at radius 2 is 1.81 bits per heavy atom. The summed E-state index contributed by atoms with van der Waals surface area (Å²) in [5, 5.41) is 0. The molecule has 7 aliphatic rings. The zero-order valence-electron chi connectivity index (χ0n) is 21.3. The van der Waals surface area contributed by atoms with Gasteiger partial charge in [0, 0.05) is 18.3 Å². The number of hydrogen-bond donors (Lipinski definition) is 0. The van der Waals surface area contributed by atoms with Gasteiger partial charge in [-0.05, 0) is 109 Å². The first kappa shape index (κ1) is 20.5. The number of ketones is 2. The van der Waals surface area contributed by atoms with E-state index in [1.165, 1.54) is 25.7 Å². The molecule has 2 spiro atoms. The summed E-state index contributed by atoms with van der Waals surface area (Å²) in [5.74, 6) is 5.68. The van der Waals surface area contributed by atoms with Gasteiger partial charge in [-0.25, -0.2) is 0 Å². The van der Waals surface area contributed by atoms with Crippen LogP contribution < -0.4 is 0 Å². The summed E-state index contributed by atoms with van der Waals surface area (Å²) in [6.07, 6.45) is 7.82. The largest absolute Gasteiger partial charge is 0.300 e. The molecule has 0 amide bonds. The normalized spacial score (nSPS) is 56.8. The van der Waals surface area contributed by atoms with E-state index in [4.69, 9.17) is 0 Å². The van der Waals surface area contributed by atoms with Crippen molar-refractivity contribution in [1.29, 1.82) is 0 Å². The average molecular weight is 435 g/mol. The summed E-state index contributed by atoms with van der Waals surface area (Å²) < 4.78 is 0. The summed E-state index contributed by atoms with van der Waals surface area (Å²) in [6, 6.07) is 0. The van der Waals surface area contributed by atoms with E-state index in [1.54, 1.807) is 18.1 Å². The van der Waals surface area contributed by atoms with Crippen molar-refractivity contribution < 1.29 is 9.59 Å². The highest BCUT2D eigenvalue weighted by atomic mass is 16.1. The molecule has 0 aliphatic heterocycles. The molecule has 10 atom stereocenters. The lowest BCUT2D eigenvalue weighted by Gasteiger charge is -2.48. The van der Waals surface area contributed by atoms with Crippen molar-refractivity contribution in [2.75, 3.05) is 0 Å². The molecule has 6 saturated carbocycles. The Morgan fingerprint density at radius 3 is 2.47 bits per heavy atom. The number of fused-ring (bicyclic) bond motifs is 5. The van der Waals surface area contributed by atoms with Gasteiger partial charge in [0.1, 0.15) is 11.6 Å². The van der Waals surface area contributed by atoms with Crippen molar-refractivity contribution in [3.63, 3.8) is 0 Å². The Bertz CT molecular complexity index is 1010. The van der Waals surface area contributed by atoms with Gasteiger partial charge in [-0.3, -0.25) is 4.79 Å². The second kappa shape index (κ2) is 5.33. The first-order valence-electron chi connectivity index (χ1n) is 13.6. The lowest BCUT2D eigenvalue weighted by Crippen LogP contribution is -2.48. The Kier molecular flexibility index (Phi) is 3.41. The molecule has 7 aliphatic carbocycles. The first-order valence-corrected chi connectivity index (χ1v) is 13.6. The van der Waals surface area contributed by atoms with Crippen molar-refractivity contribution in [1.82, 2.24) is 0 Å². The third-order valence-electron chi connectivity index (χ3n) is 13.6. The van der Waals surface area contributed by atoms with Crippen LogP contribution in [0.2, 0.25) is 0 Å². The molecule has 2 nitrogen and oxygen atoms in total. The van der Waals surface area contributed by atoms with Gasteiger partial charge in [0.15, 0.2) is 0 Å². The molecular formula is C30H42O2. The maximum Gasteiger partial charge on any atom is 0.140 e. The number of rotatable bonds is 4. The fraction of sp³-hybridized carbons (Fsp3) is 0.867. The molecule has 0 N–H and O–H groups in total. The van der Waals surface area contributed by atoms with Crippen LogP contribution >= 0.6 is 0 Å². The minimum atomic E-state index is -0.0488. The molecule has 2 bridgehead atoms. The van der Waals surface area contributed by atoms with E-state index in [1.807, 2.05) is 0 Å². The molecule has 0 aromatic rings. The third kappa shape index (κ3) is 1.79. The van der Waals surface area contributed by atoms with Crippen molar-refractivity contribution in [3.8, 4) is 0 Å². The summed E-state index contributed by atoms with van der Waals surface area (Å²) in [6.45, 7) is 16.6. The van der Waals surface area contributed by atoms with Gasteiger partial charge >= 0.3 is 0 Å². The van der Waals surface area contributed by atoms with E-state index < -0.39 is 0 Å². The summed E-state index contributed by atoms with van der Waals surface area (Å²) in [7, 11) is 0. The molecule has 0 aromatic heterocycles. The van der Waals surface area contributed by atoms with Crippen LogP contribution in [0.15, 0.2) is 11.1 Å². The molecule has 0 aromatic carbocycles. The Hall–Kier alpha value is -0.920. The van der Waals surface area contributed by atoms with E-state index in [9.17, 15) is 9.59 Å². The Balaban J connectivity index is 1.31. The summed E-state index contributed by atoms with van der Waals surface area (Å²) in [4.78, 5) is 25.8. The molecule has 0 unspecified atom stereocenters. The van der Waals surface area contributed by atoms with Crippen LogP contribution in [0.5, 0.6) is 0 Å². The number of carbonyl (C=O) groups excluding carboxylic acids is 2. The highest BCUT2D eigenvalue weighted by Crippen LogP contribution is 2.98. The van der Waals surface area contributed by atoms with Gasteiger partial charge in [0.2, 0.25) is 0 Å². The van der Waals surface area contributed by atoms with Gasteiger partial charge < -0.3 is 4.79 Å². The highest BCUT2D eigenvalue weighted by molar-refractivity contribution is 5.93. The molecule has 0 saturated heterocycles. The monoisotopic (exact) mass is 434 g/mol. The molecule has 2 heteroatoms. The van der Waals surface area contributed by atoms with E-state index >= 15 is 0 Å². The van der Waals surface area contributed by atoms with Crippen LogP contribution in [0.1, 0.15) is 93.4 Å². The number of Topliss-reactive ketones (excluding diaryl/α,β-unsaturated/α-hetero) is 2. The number of carbonyl (C=O) groups is 2. The Morgan fingerprint density at radius 1 is 1.09 bits per heavy atom. The minimum absolute atomic E-state index is 0.0488. The minimum Gasteiger partial charge on any atom is -0.300 e. The van der Waals surface area contributed by atoms with E-state index in [0.29, 0.717) is 57.4 Å². The number of hydrogen-bond acceptors (Lipinski definition) is 2. The van der Waals surface area contributed by atoms with Gasteiger partial charge in [-0.1, -0.05) is 45.8 Å². The van der Waals surface area contributed by atoms with Gasteiger partial charge in [-0.15, -0.1) is 0 Å². The van der Waals surface area contributed by atoms with Gasteiger partial charge in [-0.2, -0.15) is 0 Å². The topological polar surface area (TPSA) is 34.1 Å². The van der Waals surface area contributed by atoms with Crippen LogP contribution in [-0.2, 0) is 9.59 Å². The van der Waals surface area contributed by atoms with Crippen LogP contribution in [0.3, 0.4) is 0 Å².